The summed E-state index contributed by atoms with van der Waals surface area (Å²) >= 11 is 0. The Morgan fingerprint density at radius 2 is 1.72 bits per heavy atom. The molecule has 2 aromatic rings. The molecular weight excluding hydrogens is 445 g/mol. The summed E-state index contributed by atoms with van der Waals surface area (Å²) in [6, 6.07) is 12.9. The molecule has 0 spiro atoms. The van der Waals surface area contributed by atoms with E-state index in [0.717, 1.165) is 22.0 Å². The Labute approximate surface area is 185 Å². The van der Waals surface area contributed by atoms with Crippen LogP contribution in [0.25, 0.3) is 0 Å². The summed E-state index contributed by atoms with van der Waals surface area (Å²) in [5.41, 5.74) is 0.626. The minimum absolute atomic E-state index is 0.138. The van der Waals surface area contributed by atoms with Gasteiger partial charge in [-0.2, -0.15) is 17.5 Å². The van der Waals surface area contributed by atoms with E-state index in [1.54, 1.807) is 0 Å². The Balaban J connectivity index is 1.80. The average Bonchev–Trinajstić information content (AvgIpc) is 2.89. The van der Waals surface area contributed by atoms with Crippen molar-refractivity contribution in [3.63, 3.8) is 0 Å². The van der Waals surface area contributed by atoms with Gasteiger partial charge in [0.1, 0.15) is 6.04 Å². The summed E-state index contributed by atoms with van der Waals surface area (Å²) in [6.45, 7) is 0.722. The van der Waals surface area contributed by atoms with Crippen molar-refractivity contribution in [1.29, 1.82) is 0 Å². The highest BCUT2D eigenvalue weighted by molar-refractivity contribution is 7.89. The fourth-order valence-corrected chi connectivity index (χ4v) is 5.24. The number of alkyl halides is 3. The molecule has 0 aliphatic carbocycles. The largest absolute Gasteiger partial charge is 0.468 e. The number of hydrogen-bond donors (Lipinski definition) is 0. The molecule has 1 heterocycles. The summed E-state index contributed by atoms with van der Waals surface area (Å²) in [5.74, 6) is -0.900. The van der Waals surface area contributed by atoms with Crippen LogP contribution in [0.2, 0.25) is 0 Å². The van der Waals surface area contributed by atoms with E-state index in [0.29, 0.717) is 18.5 Å². The highest BCUT2D eigenvalue weighted by atomic mass is 32.2. The van der Waals surface area contributed by atoms with E-state index < -0.39 is 33.8 Å². The second-order valence-corrected chi connectivity index (χ2v) is 9.67. The molecule has 0 radical (unpaired) electrons. The van der Waals surface area contributed by atoms with E-state index in [1.807, 2.05) is 35.2 Å². The lowest BCUT2D eigenvalue weighted by Crippen LogP contribution is -2.48. The third-order valence-corrected chi connectivity index (χ3v) is 7.25. The van der Waals surface area contributed by atoms with Gasteiger partial charge in [0, 0.05) is 26.2 Å². The monoisotopic (exact) mass is 470 g/mol. The summed E-state index contributed by atoms with van der Waals surface area (Å²) in [6.07, 6.45) is -3.80. The SMILES string of the molecule is COC(=O)C1CN(CCc2ccccc2)CCS(=O)(=O)N1Cc1ccc(C(F)(F)F)cc1. The Hall–Kier alpha value is -2.43. The molecule has 2 aromatic carbocycles. The van der Waals surface area contributed by atoms with Crippen molar-refractivity contribution < 1.29 is 31.1 Å². The first-order valence-electron chi connectivity index (χ1n) is 10.1. The molecule has 0 bridgehead atoms. The maximum Gasteiger partial charge on any atom is 0.416 e. The van der Waals surface area contributed by atoms with Crippen molar-refractivity contribution in [2.45, 2.75) is 25.2 Å². The number of ether oxygens (including phenoxy) is 1. The van der Waals surface area contributed by atoms with E-state index in [4.69, 9.17) is 4.74 Å². The number of methoxy groups -OCH3 is 1. The summed E-state index contributed by atoms with van der Waals surface area (Å²) in [7, 11) is -2.66. The van der Waals surface area contributed by atoms with Crippen LogP contribution in [0.5, 0.6) is 0 Å². The zero-order valence-corrected chi connectivity index (χ0v) is 18.4. The molecule has 3 rings (SSSR count). The molecule has 0 saturated carbocycles. The predicted octanol–water partition coefficient (Wildman–Crippen LogP) is 2.94. The van der Waals surface area contributed by atoms with Gasteiger partial charge in [0.2, 0.25) is 10.0 Å². The van der Waals surface area contributed by atoms with Crippen molar-refractivity contribution in [2.24, 2.45) is 0 Å². The molecule has 1 fully saturated rings. The fourth-order valence-electron chi connectivity index (χ4n) is 3.63. The molecule has 0 amide bonds. The fraction of sp³-hybridized carbons (Fsp3) is 0.409. The van der Waals surface area contributed by atoms with Gasteiger partial charge in [0.25, 0.3) is 0 Å². The normalized spacial score (nSPS) is 19.9. The number of sulfonamides is 1. The van der Waals surface area contributed by atoms with Crippen LogP contribution in [0.3, 0.4) is 0 Å². The van der Waals surface area contributed by atoms with Crippen LogP contribution in [-0.4, -0.2) is 62.1 Å². The van der Waals surface area contributed by atoms with Gasteiger partial charge in [-0.05, 0) is 29.7 Å². The van der Waals surface area contributed by atoms with E-state index in [2.05, 4.69) is 0 Å². The highest BCUT2D eigenvalue weighted by Gasteiger charge is 2.40. The molecule has 0 aromatic heterocycles. The number of benzene rings is 2. The summed E-state index contributed by atoms with van der Waals surface area (Å²) < 4.78 is 70.4. The maximum absolute atomic E-state index is 13.0. The quantitative estimate of drug-likeness (QED) is 0.608. The van der Waals surface area contributed by atoms with Crippen molar-refractivity contribution in [2.75, 3.05) is 32.5 Å². The Bertz CT molecular complexity index is 1010. The Kier molecular flexibility index (Phi) is 7.58. The molecule has 0 N–H and O–H groups in total. The van der Waals surface area contributed by atoms with Crippen LogP contribution >= 0.6 is 0 Å². The minimum atomic E-state index is -4.49. The Morgan fingerprint density at radius 3 is 2.31 bits per heavy atom. The first kappa shape index (κ1) is 24.2. The molecule has 1 aliphatic heterocycles. The van der Waals surface area contributed by atoms with Crippen molar-refractivity contribution >= 4 is 16.0 Å². The van der Waals surface area contributed by atoms with E-state index in [1.165, 1.54) is 19.2 Å². The molecule has 6 nitrogen and oxygen atoms in total. The van der Waals surface area contributed by atoms with Crippen LogP contribution in [-0.2, 0) is 38.7 Å². The first-order valence-corrected chi connectivity index (χ1v) is 11.7. The molecule has 1 saturated heterocycles. The number of carbonyl (C=O) groups is 1. The van der Waals surface area contributed by atoms with Crippen molar-refractivity contribution in [3.8, 4) is 0 Å². The Morgan fingerprint density at radius 1 is 1.06 bits per heavy atom. The third kappa shape index (κ3) is 6.08. The van der Waals surface area contributed by atoms with Gasteiger partial charge in [-0.1, -0.05) is 42.5 Å². The molecule has 1 atom stereocenters. The van der Waals surface area contributed by atoms with Gasteiger partial charge in [-0.25, -0.2) is 8.42 Å². The van der Waals surface area contributed by atoms with Crippen LogP contribution in [0.4, 0.5) is 13.2 Å². The number of hydrogen-bond acceptors (Lipinski definition) is 5. The lowest BCUT2D eigenvalue weighted by atomic mass is 10.1. The topological polar surface area (TPSA) is 66.9 Å². The summed E-state index contributed by atoms with van der Waals surface area (Å²) in [4.78, 5) is 14.4. The molecule has 10 heteroatoms. The summed E-state index contributed by atoms with van der Waals surface area (Å²) in [5, 5.41) is 0. The number of esters is 1. The van der Waals surface area contributed by atoms with E-state index in [-0.39, 0.29) is 25.4 Å². The lowest BCUT2D eigenvalue weighted by molar-refractivity contribution is -0.145. The van der Waals surface area contributed by atoms with Crippen LogP contribution < -0.4 is 0 Å². The molecular formula is C22H25F3N2O4S. The van der Waals surface area contributed by atoms with E-state index >= 15 is 0 Å². The van der Waals surface area contributed by atoms with Crippen molar-refractivity contribution in [1.82, 2.24) is 9.21 Å². The van der Waals surface area contributed by atoms with Gasteiger partial charge < -0.3 is 4.74 Å². The van der Waals surface area contributed by atoms with Crippen LogP contribution in [0.15, 0.2) is 54.6 Å². The standard InChI is InChI=1S/C22H25F3N2O4S/c1-31-21(28)20-16-26(12-11-17-5-3-2-4-6-17)13-14-32(29,30)27(20)15-18-7-9-19(10-8-18)22(23,24)25/h2-10,20H,11-16H2,1H3. The molecule has 32 heavy (non-hydrogen) atoms. The number of nitrogens with zero attached hydrogens (tertiary/aromatic N) is 2. The zero-order valence-electron chi connectivity index (χ0n) is 17.6. The van der Waals surface area contributed by atoms with Gasteiger partial charge in [0.05, 0.1) is 18.4 Å². The zero-order chi connectivity index (χ0) is 23.4. The highest BCUT2D eigenvalue weighted by Crippen LogP contribution is 2.29. The van der Waals surface area contributed by atoms with Gasteiger partial charge in [0.15, 0.2) is 0 Å². The predicted molar refractivity (Wildman–Crippen MR) is 113 cm³/mol. The number of carbonyl (C=O) groups excluding carboxylic acids is 1. The van der Waals surface area contributed by atoms with Gasteiger partial charge in [-0.15, -0.1) is 0 Å². The van der Waals surface area contributed by atoms with Gasteiger partial charge >= 0.3 is 12.1 Å². The molecule has 174 valence electrons. The van der Waals surface area contributed by atoms with E-state index in [9.17, 15) is 26.4 Å². The average molecular weight is 471 g/mol. The molecule has 1 aliphatic rings. The van der Waals surface area contributed by atoms with Crippen molar-refractivity contribution in [3.05, 3.63) is 71.3 Å². The third-order valence-electron chi connectivity index (χ3n) is 5.45. The van der Waals surface area contributed by atoms with Gasteiger partial charge in [-0.3, -0.25) is 9.69 Å². The molecule has 1 unspecified atom stereocenters. The minimum Gasteiger partial charge on any atom is -0.468 e. The maximum atomic E-state index is 13.0. The second kappa shape index (κ2) is 10.0. The number of rotatable bonds is 6. The lowest BCUT2D eigenvalue weighted by Gasteiger charge is -2.28. The van der Waals surface area contributed by atoms with Crippen LogP contribution in [0.1, 0.15) is 16.7 Å². The van der Waals surface area contributed by atoms with Crippen LogP contribution in [0, 0.1) is 0 Å². The first-order chi connectivity index (χ1) is 15.1. The number of halogens is 3. The smallest absolute Gasteiger partial charge is 0.416 e. The second-order valence-electron chi connectivity index (χ2n) is 7.63.